The van der Waals surface area contributed by atoms with E-state index < -0.39 is 17.5 Å². The van der Waals surface area contributed by atoms with E-state index in [1.54, 1.807) is 6.92 Å². The van der Waals surface area contributed by atoms with Crippen LogP contribution >= 0.6 is 23.1 Å². The van der Waals surface area contributed by atoms with Gasteiger partial charge in [-0.15, -0.1) is 10.2 Å². The number of amides is 4. The average Bonchev–Trinajstić information content (AvgIpc) is 3.23. The van der Waals surface area contributed by atoms with E-state index in [0.717, 1.165) is 27.8 Å². The summed E-state index contributed by atoms with van der Waals surface area (Å²) >= 11 is 2.80. The van der Waals surface area contributed by atoms with Gasteiger partial charge in [-0.25, -0.2) is 4.79 Å². The van der Waals surface area contributed by atoms with Crippen molar-refractivity contribution in [1.82, 2.24) is 20.4 Å². The third-order valence-corrected chi connectivity index (χ3v) is 5.77. The Bertz CT molecular complexity index is 660. The predicted molar refractivity (Wildman–Crippen MR) is 86.3 cm³/mol. The normalized spacial score (nSPS) is 24.0. The zero-order chi connectivity index (χ0) is 16.6. The van der Waals surface area contributed by atoms with Gasteiger partial charge in [-0.1, -0.05) is 30.0 Å². The van der Waals surface area contributed by atoms with Gasteiger partial charge in [-0.3, -0.25) is 19.8 Å². The van der Waals surface area contributed by atoms with Crippen molar-refractivity contribution < 1.29 is 14.4 Å². The van der Waals surface area contributed by atoms with E-state index in [0.29, 0.717) is 5.13 Å². The standard InChI is InChI=1S/C13H17N5O3S2/c1-3-22-12-17-16-10(23-12)14-8(19)6-18-9(20)13(2,7-4-5-7)15-11(18)21/h7H,3-6H2,1-2H3,(H,15,21)(H,14,16,19)/t13-/m0/s1. The predicted octanol–water partition coefficient (Wildman–Crippen LogP) is 1.31. The second-order valence-electron chi connectivity index (χ2n) is 5.65. The molecule has 0 spiro atoms. The van der Waals surface area contributed by atoms with Crippen LogP contribution in [0.4, 0.5) is 9.93 Å². The molecule has 1 aromatic rings. The molecule has 2 heterocycles. The smallest absolute Gasteiger partial charge is 0.323 e. The number of rotatable bonds is 6. The molecule has 2 N–H and O–H groups in total. The Morgan fingerprint density at radius 2 is 2.22 bits per heavy atom. The maximum Gasteiger partial charge on any atom is 0.325 e. The van der Waals surface area contributed by atoms with Gasteiger partial charge in [0.1, 0.15) is 12.1 Å². The van der Waals surface area contributed by atoms with Crippen LogP contribution in [0.5, 0.6) is 0 Å². The molecular formula is C13H17N5O3S2. The van der Waals surface area contributed by atoms with E-state index in [9.17, 15) is 14.4 Å². The zero-order valence-electron chi connectivity index (χ0n) is 12.8. The van der Waals surface area contributed by atoms with E-state index >= 15 is 0 Å². The Kier molecular flexibility index (Phi) is 4.28. The molecule has 0 bridgehead atoms. The van der Waals surface area contributed by atoms with E-state index in [4.69, 9.17) is 0 Å². The Hall–Kier alpha value is -1.68. The molecule has 8 nitrogen and oxygen atoms in total. The molecular weight excluding hydrogens is 338 g/mol. The van der Waals surface area contributed by atoms with Gasteiger partial charge in [0, 0.05) is 0 Å². The van der Waals surface area contributed by atoms with Crippen LogP contribution in [-0.2, 0) is 9.59 Å². The molecule has 3 rings (SSSR count). The highest BCUT2D eigenvalue weighted by Gasteiger charge is 2.56. The lowest BCUT2D eigenvalue weighted by Crippen LogP contribution is -2.46. The Balaban J connectivity index is 1.61. The number of nitrogens with zero attached hydrogens (tertiary/aromatic N) is 3. The molecule has 1 aromatic heterocycles. The van der Waals surface area contributed by atoms with Crippen LogP contribution in [0.3, 0.4) is 0 Å². The number of carbonyl (C=O) groups is 3. The summed E-state index contributed by atoms with van der Waals surface area (Å²) in [5.41, 5.74) is -0.870. The monoisotopic (exact) mass is 355 g/mol. The molecule has 4 amide bonds. The van der Waals surface area contributed by atoms with Crippen molar-refractivity contribution in [3.8, 4) is 0 Å². The van der Waals surface area contributed by atoms with Gasteiger partial charge >= 0.3 is 6.03 Å². The summed E-state index contributed by atoms with van der Waals surface area (Å²) < 4.78 is 0.763. The molecule has 124 valence electrons. The highest BCUT2D eigenvalue weighted by atomic mass is 32.2. The number of carbonyl (C=O) groups excluding carboxylic acids is 3. The fraction of sp³-hybridized carbons (Fsp3) is 0.615. The van der Waals surface area contributed by atoms with E-state index in [-0.39, 0.29) is 18.4 Å². The third-order valence-electron chi connectivity index (χ3n) is 3.92. The minimum atomic E-state index is -0.870. The lowest BCUT2D eigenvalue weighted by atomic mass is 9.96. The number of hydrogen-bond donors (Lipinski definition) is 2. The number of nitrogens with one attached hydrogen (secondary N) is 2. The summed E-state index contributed by atoms with van der Waals surface area (Å²) in [6.07, 6.45) is 1.84. The van der Waals surface area contributed by atoms with Gasteiger partial charge in [0.2, 0.25) is 11.0 Å². The van der Waals surface area contributed by atoms with Crippen molar-refractivity contribution in [2.45, 2.75) is 36.6 Å². The van der Waals surface area contributed by atoms with E-state index in [2.05, 4.69) is 20.8 Å². The van der Waals surface area contributed by atoms with Crippen molar-refractivity contribution in [1.29, 1.82) is 0 Å². The van der Waals surface area contributed by atoms with Crippen LogP contribution in [0.2, 0.25) is 0 Å². The van der Waals surface area contributed by atoms with Crippen LogP contribution in [0, 0.1) is 5.92 Å². The SMILES string of the molecule is CCSc1nnc(NC(=O)CN2C(=O)N[C@@](C)(C3CC3)C2=O)s1. The molecule has 0 aromatic carbocycles. The quantitative estimate of drug-likeness (QED) is 0.453. The fourth-order valence-corrected chi connectivity index (χ4v) is 4.21. The number of hydrogen-bond acceptors (Lipinski definition) is 7. The molecule has 1 aliphatic carbocycles. The van der Waals surface area contributed by atoms with Crippen LogP contribution in [0.25, 0.3) is 0 Å². The second-order valence-corrected chi connectivity index (χ2v) is 8.14. The summed E-state index contributed by atoms with van der Waals surface area (Å²) in [7, 11) is 0. The van der Waals surface area contributed by atoms with Crippen LogP contribution in [-0.4, -0.2) is 50.8 Å². The lowest BCUT2D eigenvalue weighted by Gasteiger charge is -2.20. The maximum absolute atomic E-state index is 12.4. The fourth-order valence-electron chi connectivity index (χ4n) is 2.54. The number of anilines is 1. The highest BCUT2D eigenvalue weighted by molar-refractivity contribution is 8.01. The molecule has 1 saturated heterocycles. The second kappa shape index (κ2) is 6.08. The van der Waals surface area contributed by atoms with Crippen molar-refractivity contribution >= 4 is 46.1 Å². The van der Waals surface area contributed by atoms with Gasteiger partial charge in [0.25, 0.3) is 5.91 Å². The third kappa shape index (κ3) is 3.18. The van der Waals surface area contributed by atoms with Crippen LogP contribution < -0.4 is 10.6 Å². The molecule has 2 aliphatic rings. The first kappa shape index (κ1) is 16.2. The zero-order valence-corrected chi connectivity index (χ0v) is 14.4. The van der Waals surface area contributed by atoms with Gasteiger partial charge in [-0.05, 0) is 31.4 Å². The largest absolute Gasteiger partial charge is 0.325 e. The van der Waals surface area contributed by atoms with E-state index in [1.807, 2.05) is 6.92 Å². The summed E-state index contributed by atoms with van der Waals surface area (Å²) in [6.45, 7) is 3.41. The number of aromatic nitrogens is 2. The number of thioether (sulfide) groups is 1. The number of urea groups is 1. The lowest BCUT2D eigenvalue weighted by molar-refractivity contribution is -0.134. The molecule has 1 saturated carbocycles. The van der Waals surface area contributed by atoms with Crippen molar-refractivity contribution in [2.75, 3.05) is 17.6 Å². The minimum absolute atomic E-state index is 0.170. The Labute approximate surface area is 141 Å². The topological polar surface area (TPSA) is 104 Å². The maximum atomic E-state index is 12.4. The van der Waals surface area contributed by atoms with Crippen molar-refractivity contribution in [2.24, 2.45) is 5.92 Å². The summed E-state index contributed by atoms with van der Waals surface area (Å²) in [5.74, 6) is 0.242. The van der Waals surface area contributed by atoms with Gasteiger partial charge in [0.05, 0.1) is 0 Å². The average molecular weight is 355 g/mol. The minimum Gasteiger partial charge on any atom is -0.323 e. The Morgan fingerprint density at radius 3 is 2.87 bits per heavy atom. The molecule has 0 unspecified atom stereocenters. The van der Waals surface area contributed by atoms with Gasteiger partial charge in [-0.2, -0.15) is 0 Å². The van der Waals surface area contributed by atoms with Crippen molar-refractivity contribution in [3.05, 3.63) is 0 Å². The summed E-state index contributed by atoms with van der Waals surface area (Å²) in [5, 5.41) is 13.5. The van der Waals surface area contributed by atoms with Crippen LogP contribution in [0.15, 0.2) is 4.34 Å². The first-order chi connectivity index (χ1) is 10.9. The molecule has 0 radical (unpaired) electrons. The molecule has 23 heavy (non-hydrogen) atoms. The summed E-state index contributed by atoms with van der Waals surface area (Å²) in [4.78, 5) is 37.5. The molecule has 1 atom stereocenters. The first-order valence-corrected chi connectivity index (χ1v) is 9.14. The molecule has 2 fully saturated rings. The van der Waals surface area contributed by atoms with Gasteiger partial charge < -0.3 is 5.32 Å². The summed E-state index contributed by atoms with van der Waals surface area (Å²) in [6, 6.07) is -0.515. The Morgan fingerprint density at radius 1 is 1.48 bits per heavy atom. The van der Waals surface area contributed by atoms with Crippen LogP contribution in [0.1, 0.15) is 26.7 Å². The highest BCUT2D eigenvalue weighted by Crippen LogP contribution is 2.42. The van der Waals surface area contributed by atoms with E-state index in [1.165, 1.54) is 23.1 Å². The van der Waals surface area contributed by atoms with Gasteiger partial charge in [0.15, 0.2) is 4.34 Å². The van der Waals surface area contributed by atoms with Crippen molar-refractivity contribution in [3.63, 3.8) is 0 Å². The number of imide groups is 1. The molecule has 10 heteroatoms. The first-order valence-electron chi connectivity index (χ1n) is 7.34. The molecule has 1 aliphatic heterocycles.